The van der Waals surface area contributed by atoms with Crippen LogP contribution in [-0.2, 0) is 7.05 Å². The molecule has 0 aromatic carbocycles. The first-order chi connectivity index (χ1) is 11.5. The largest absolute Gasteiger partial charge is 0.485 e. The molecular weight excluding hydrogens is 330 g/mol. The molecule has 7 nitrogen and oxygen atoms in total. The molecule has 0 bridgehead atoms. The van der Waals surface area contributed by atoms with Gasteiger partial charge in [-0.15, -0.1) is 0 Å². The van der Waals surface area contributed by atoms with Crippen molar-refractivity contribution < 1.29 is 9.53 Å². The van der Waals surface area contributed by atoms with Crippen molar-refractivity contribution in [1.29, 1.82) is 0 Å². The zero-order chi connectivity index (χ0) is 17.1. The van der Waals surface area contributed by atoms with Gasteiger partial charge in [-0.3, -0.25) is 9.67 Å². The number of hydrogen-bond acceptors (Lipinski definition) is 4. The van der Waals surface area contributed by atoms with Crippen molar-refractivity contribution in [3.05, 3.63) is 35.4 Å². The molecule has 0 unspecified atom stereocenters. The minimum absolute atomic E-state index is 0.0438. The number of nitrogens with zero attached hydrogens (tertiary/aromatic N) is 3. The Labute approximate surface area is 145 Å². The number of hydrogen-bond donors (Lipinski definition) is 2. The van der Waals surface area contributed by atoms with Gasteiger partial charge in [0.1, 0.15) is 6.10 Å². The molecule has 1 saturated carbocycles. The van der Waals surface area contributed by atoms with Crippen molar-refractivity contribution in [3.8, 4) is 5.75 Å². The maximum atomic E-state index is 12.3. The number of halogens is 1. The number of pyridine rings is 1. The van der Waals surface area contributed by atoms with Gasteiger partial charge in [-0.05, 0) is 31.7 Å². The fraction of sp³-hybridized carbons (Fsp3) is 0.438. The lowest BCUT2D eigenvalue weighted by molar-refractivity contribution is 0.175. The summed E-state index contributed by atoms with van der Waals surface area (Å²) in [6.07, 6.45) is 9.36. The summed E-state index contributed by atoms with van der Waals surface area (Å²) < 4.78 is 7.63. The van der Waals surface area contributed by atoms with Gasteiger partial charge in [-0.2, -0.15) is 5.10 Å². The molecule has 0 radical (unpaired) electrons. The van der Waals surface area contributed by atoms with Crippen LogP contribution in [0.15, 0.2) is 24.8 Å². The molecule has 2 aromatic rings. The number of nitrogens with one attached hydrogen (secondary N) is 2. The first-order valence-corrected chi connectivity index (χ1v) is 8.23. The van der Waals surface area contributed by atoms with Gasteiger partial charge in [-0.1, -0.05) is 11.6 Å². The van der Waals surface area contributed by atoms with Gasteiger partial charge in [0.05, 0.1) is 35.3 Å². The number of urea groups is 1. The van der Waals surface area contributed by atoms with Gasteiger partial charge >= 0.3 is 6.03 Å². The summed E-state index contributed by atoms with van der Waals surface area (Å²) >= 11 is 6.02. The Morgan fingerprint density at radius 2 is 2.21 bits per heavy atom. The summed E-state index contributed by atoms with van der Waals surface area (Å²) in [5.41, 5.74) is 1.39. The smallest absolute Gasteiger partial charge is 0.319 e. The van der Waals surface area contributed by atoms with E-state index in [0.717, 1.165) is 24.8 Å². The molecule has 1 aliphatic carbocycles. The van der Waals surface area contributed by atoms with Gasteiger partial charge < -0.3 is 15.4 Å². The molecular formula is C16H20ClN5O2. The fourth-order valence-corrected chi connectivity index (χ4v) is 2.98. The number of aromatic nitrogens is 3. The van der Waals surface area contributed by atoms with Gasteiger partial charge in [0.2, 0.25) is 0 Å². The second kappa shape index (κ2) is 7.09. The summed E-state index contributed by atoms with van der Waals surface area (Å²) in [6, 6.07) is -0.327. The van der Waals surface area contributed by atoms with Gasteiger partial charge in [0.25, 0.3) is 0 Å². The third-order valence-electron chi connectivity index (χ3n) is 4.14. The highest BCUT2D eigenvalue weighted by atomic mass is 35.5. The second-order valence-electron chi connectivity index (χ2n) is 5.94. The van der Waals surface area contributed by atoms with E-state index < -0.39 is 0 Å². The van der Waals surface area contributed by atoms with Crippen LogP contribution >= 0.6 is 11.6 Å². The highest BCUT2D eigenvalue weighted by Gasteiger charge is 2.30. The summed E-state index contributed by atoms with van der Waals surface area (Å²) in [4.78, 5) is 16.3. The van der Waals surface area contributed by atoms with Crippen LogP contribution in [0.2, 0.25) is 5.02 Å². The zero-order valence-electron chi connectivity index (χ0n) is 13.6. The van der Waals surface area contributed by atoms with E-state index in [1.54, 1.807) is 23.3 Å². The van der Waals surface area contributed by atoms with E-state index in [1.165, 1.54) is 0 Å². The molecule has 2 atom stereocenters. The Kier molecular flexibility index (Phi) is 4.89. The number of carbonyl (C=O) groups excluding carboxylic acids is 1. The minimum Gasteiger partial charge on any atom is -0.485 e. The van der Waals surface area contributed by atoms with Crippen molar-refractivity contribution >= 4 is 23.3 Å². The molecule has 2 amide bonds. The van der Waals surface area contributed by atoms with Gasteiger partial charge in [0, 0.05) is 13.2 Å². The molecule has 2 N–H and O–H groups in total. The Bertz CT molecular complexity index is 733. The summed E-state index contributed by atoms with van der Waals surface area (Å²) in [5.74, 6) is 0.714. The number of anilines is 1. The lowest BCUT2D eigenvalue weighted by Crippen LogP contribution is -2.44. The molecule has 0 spiro atoms. The summed E-state index contributed by atoms with van der Waals surface area (Å²) in [7, 11) is 1.84. The lowest BCUT2D eigenvalue weighted by atomic mass is 10.2. The SMILES string of the molecule is Cc1c(Cl)cncc1NC(=O)N[C@@H]1CCC[C@@H]1Oc1cnn(C)c1. The molecule has 1 aliphatic rings. The Balaban J connectivity index is 1.59. The molecule has 1 fully saturated rings. The van der Waals surface area contributed by atoms with E-state index in [2.05, 4.69) is 20.7 Å². The van der Waals surface area contributed by atoms with Crippen molar-refractivity contribution in [2.75, 3.05) is 5.32 Å². The topological polar surface area (TPSA) is 81.1 Å². The molecule has 0 aliphatic heterocycles. The van der Waals surface area contributed by atoms with E-state index in [9.17, 15) is 4.79 Å². The van der Waals surface area contributed by atoms with Crippen LogP contribution in [0.5, 0.6) is 5.75 Å². The van der Waals surface area contributed by atoms with Gasteiger partial charge in [-0.25, -0.2) is 4.79 Å². The number of carbonyl (C=O) groups is 1. The second-order valence-corrected chi connectivity index (χ2v) is 6.34. The van der Waals surface area contributed by atoms with Crippen molar-refractivity contribution in [2.24, 2.45) is 7.05 Å². The minimum atomic E-state index is -0.283. The average molecular weight is 350 g/mol. The number of ether oxygens (including phenoxy) is 1. The third kappa shape index (κ3) is 3.79. The predicted molar refractivity (Wildman–Crippen MR) is 91.4 cm³/mol. The maximum Gasteiger partial charge on any atom is 0.319 e. The predicted octanol–water partition coefficient (Wildman–Crippen LogP) is 2.90. The van der Waals surface area contributed by atoms with Crippen LogP contribution in [0.25, 0.3) is 0 Å². The van der Waals surface area contributed by atoms with E-state index in [-0.39, 0.29) is 18.2 Å². The van der Waals surface area contributed by atoms with Crippen molar-refractivity contribution in [2.45, 2.75) is 38.3 Å². The molecule has 128 valence electrons. The highest BCUT2D eigenvalue weighted by molar-refractivity contribution is 6.31. The summed E-state index contributed by atoms with van der Waals surface area (Å²) in [6.45, 7) is 1.84. The fourth-order valence-electron chi connectivity index (χ4n) is 2.82. The molecule has 2 aromatic heterocycles. The highest BCUT2D eigenvalue weighted by Crippen LogP contribution is 2.25. The third-order valence-corrected chi connectivity index (χ3v) is 4.52. The normalized spacial score (nSPS) is 20.0. The van der Waals surface area contributed by atoms with Crippen LogP contribution in [0.4, 0.5) is 10.5 Å². The molecule has 24 heavy (non-hydrogen) atoms. The number of aryl methyl sites for hydroxylation is 1. The van der Waals surface area contributed by atoms with Crippen LogP contribution in [0, 0.1) is 6.92 Å². The Morgan fingerprint density at radius 3 is 2.96 bits per heavy atom. The quantitative estimate of drug-likeness (QED) is 0.889. The zero-order valence-corrected chi connectivity index (χ0v) is 14.4. The van der Waals surface area contributed by atoms with E-state index in [0.29, 0.717) is 16.5 Å². The van der Waals surface area contributed by atoms with E-state index in [4.69, 9.17) is 16.3 Å². The monoisotopic (exact) mass is 349 g/mol. The molecule has 3 rings (SSSR count). The first kappa shape index (κ1) is 16.6. The van der Waals surface area contributed by atoms with Crippen molar-refractivity contribution in [3.63, 3.8) is 0 Å². The first-order valence-electron chi connectivity index (χ1n) is 7.86. The molecule has 0 saturated heterocycles. The number of rotatable bonds is 4. The van der Waals surface area contributed by atoms with E-state index >= 15 is 0 Å². The average Bonchev–Trinajstić information content (AvgIpc) is 3.14. The van der Waals surface area contributed by atoms with Crippen LogP contribution in [0.3, 0.4) is 0 Å². The van der Waals surface area contributed by atoms with Crippen LogP contribution < -0.4 is 15.4 Å². The van der Waals surface area contributed by atoms with Crippen LogP contribution in [0.1, 0.15) is 24.8 Å². The van der Waals surface area contributed by atoms with Crippen molar-refractivity contribution in [1.82, 2.24) is 20.1 Å². The Morgan fingerprint density at radius 1 is 1.38 bits per heavy atom. The Hall–Kier alpha value is -2.28. The maximum absolute atomic E-state index is 12.3. The molecule has 8 heteroatoms. The number of amides is 2. The van der Waals surface area contributed by atoms with Crippen LogP contribution in [-0.4, -0.2) is 32.9 Å². The summed E-state index contributed by atoms with van der Waals surface area (Å²) in [5, 5.41) is 10.4. The van der Waals surface area contributed by atoms with Gasteiger partial charge in [0.15, 0.2) is 5.75 Å². The lowest BCUT2D eigenvalue weighted by Gasteiger charge is -2.22. The molecule has 2 heterocycles. The standard InChI is InChI=1S/C16H20ClN5O2/c1-10-12(17)7-18-8-14(10)21-16(23)20-13-4-3-5-15(13)24-11-6-19-22(2)9-11/h6-9,13,15H,3-5H2,1-2H3,(H2,20,21,23)/t13-,15+/m1/s1. The van der Waals surface area contributed by atoms with E-state index in [1.807, 2.05) is 20.2 Å².